The maximum absolute atomic E-state index is 7.26. The van der Waals surface area contributed by atoms with Gasteiger partial charge in [-0.3, -0.25) is 9.05 Å². The van der Waals surface area contributed by atoms with Crippen LogP contribution in [0, 0.1) is 0 Å². The van der Waals surface area contributed by atoms with Gasteiger partial charge in [0.05, 0.1) is 13.2 Å². The van der Waals surface area contributed by atoms with Gasteiger partial charge in [-0.05, 0) is 47.9 Å². The van der Waals surface area contributed by atoms with Crippen LogP contribution in [0.3, 0.4) is 0 Å². The Morgan fingerprint density at radius 3 is 1.29 bits per heavy atom. The molecule has 0 aromatic heterocycles. The molecule has 3 saturated heterocycles. The number of benzene rings is 4. The van der Waals surface area contributed by atoms with Crippen molar-refractivity contribution >= 4 is 18.5 Å². The third-order valence-electron chi connectivity index (χ3n) is 8.04. The van der Waals surface area contributed by atoms with Crippen molar-refractivity contribution < 1.29 is 27.8 Å². The molecule has 6 nitrogen and oxygen atoms in total. The average molecular weight is 601 g/mol. The van der Waals surface area contributed by atoms with Crippen molar-refractivity contribution in [1.29, 1.82) is 0 Å². The Morgan fingerprint density at radius 2 is 0.976 bits per heavy atom. The maximum atomic E-state index is 7.26. The molecule has 7 rings (SSSR count). The molecule has 3 fully saturated rings. The topological polar surface area (TPSA) is 58.7 Å². The first-order valence-corrected chi connectivity index (χ1v) is 16.8. The second-order valence-corrected chi connectivity index (χ2v) is 14.2. The molecule has 0 bridgehead atoms. The lowest BCUT2D eigenvalue weighted by Crippen LogP contribution is -2.53. The minimum Gasteiger partial charge on any atom is -0.371 e. The third-order valence-corrected chi connectivity index (χ3v) is 10.3. The number of ether oxygens (including phenoxy) is 3. The summed E-state index contributed by atoms with van der Waals surface area (Å²) in [4.78, 5) is 0. The van der Waals surface area contributed by atoms with Gasteiger partial charge in [0.25, 0.3) is 0 Å². The summed E-state index contributed by atoms with van der Waals surface area (Å²) in [5.74, 6) is -0.964. The quantitative estimate of drug-likeness (QED) is 0.166. The van der Waals surface area contributed by atoms with Crippen molar-refractivity contribution in [3.63, 3.8) is 0 Å². The standard InChI is InChI=1S/C34H33O6PS/c1-32(2)37-30-31(38-32)34(27-19-11-5-12-20-27,28-21-13-6-14-22-28)40-41(42,36-24-29-23-35-29)39-33(30,25-15-7-3-8-16-25)26-17-9-4-10-18-26/h3-22,29-31H,23-24H2,1-2H3/t29?,30-,31-/m1/s1. The van der Waals surface area contributed by atoms with E-state index in [2.05, 4.69) is 0 Å². The molecule has 4 aromatic rings. The zero-order chi connectivity index (χ0) is 28.8. The molecule has 3 atom stereocenters. The molecular formula is C34H33O6PS. The van der Waals surface area contributed by atoms with Crippen molar-refractivity contribution in [3.05, 3.63) is 144 Å². The molecule has 4 aromatic carbocycles. The monoisotopic (exact) mass is 600 g/mol. The fourth-order valence-electron chi connectivity index (χ4n) is 6.17. The minimum absolute atomic E-state index is 0.0445. The lowest BCUT2D eigenvalue weighted by molar-refractivity contribution is -0.176. The maximum Gasteiger partial charge on any atom is 0.329 e. The summed E-state index contributed by atoms with van der Waals surface area (Å²) in [5.41, 5.74) is 1.02. The van der Waals surface area contributed by atoms with Crippen LogP contribution in [0.1, 0.15) is 36.1 Å². The van der Waals surface area contributed by atoms with Gasteiger partial charge in [0.15, 0.2) is 17.0 Å². The predicted octanol–water partition coefficient (Wildman–Crippen LogP) is 7.08. The van der Waals surface area contributed by atoms with E-state index in [1.165, 1.54) is 0 Å². The van der Waals surface area contributed by atoms with Gasteiger partial charge in [-0.2, -0.15) is 0 Å². The predicted molar refractivity (Wildman–Crippen MR) is 163 cm³/mol. The minimum atomic E-state index is -3.58. The number of fused-ring (bicyclic) bond motifs is 1. The van der Waals surface area contributed by atoms with Crippen molar-refractivity contribution in [3.8, 4) is 0 Å². The van der Waals surface area contributed by atoms with Crippen LogP contribution in [0.5, 0.6) is 0 Å². The molecule has 0 spiro atoms. The Balaban J connectivity index is 1.56. The van der Waals surface area contributed by atoms with Crippen molar-refractivity contribution in [1.82, 2.24) is 0 Å². The van der Waals surface area contributed by atoms with E-state index < -0.39 is 35.9 Å². The van der Waals surface area contributed by atoms with E-state index in [0.29, 0.717) is 6.61 Å². The van der Waals surface area contributed by atoms with E-state index in [1.807, 2.05) is 135 Å². The van der Waals surface area contributed by atoms with E-state index in [1.54, 1.807) is 0 Å². The summed E-state index contributed by atoms with van der Waals surface area (Å²) >= 11 is 6.40. The van der Waals surface area contributed by atoms with E-state index in [-0.39, 0.29) is 12.7 Å². The molecule has 1 unspecified atom stereocenters. The first-order chi connectivity index (χ1) is 20.3. The first kappa shape index (κ1) is 28.1. The highest BCUT2D eigenvalue weighted by atomic mass is 32.5. The Bertz CT molecular complexity index is 1380. The van der Waals surface area contributed by atoms with Gasteiger partial charge in [0, 0.05) is 0 Å². The molecule has 3 aliphatic rings. The Morgan fingerprint density at radius 1 is 0.643 bits per heavy atom. The number of hydrogen-bond donors (Lipinski definition) is 0. The third kappa shape index (κ3) is 4.88. The van der Waals surface area contributed by atoms with Gasteiger partial charge in [0.1, 0.15) is 18.3 Å². The Kier molecular flexibility index (Phi) is 7.21. The Labute approximate surface area is 251 Å². The second-order valence-electron chi connectivity index (χ2n) is 11.3. The molecule has 0 aliphatic carbocycles. The van der Waals surface area contributed by atoms with Crippen molar-refractivity contribution in [2.24, 2.45) is 0 Å². The van der Waals surface area contributed by atoms with Gasteiger partial charge in [-0.1, -0.05) is 121 Å². The van der Waals surface area contributed by atoms with Gasteiger partial charge < -0.3 is 18.7 Å². The van der Waals surface area contributed by atoms with Gasteiger partial charge in [-0.25, -0.2) is 0 Å². The van der Waals surface area contributed by atoms with Crippen LogP contribution in [-0.2, 0) is 50.8 Å². The lowest BCUT2D eigenvalue weighted by Gasteiger charge is -2.41. The molecule has 3 heterocycles. The Hall–Kier alpha value is -2.71. The van der Waals surface area contributed by atoms with E-state index in [0.717, 1.165) is 22.3 Å². The van der Waals surface area contributed by atoms with Gasteiger partial charge in [0.2, 0.25) is 0 Å². The fraction of sp³-hybridized carbons (Fsp3) is 0.294. The summed E-state index contributed by atoms with van der Waals surface area (Å²) in [6, 6.07) is 40.2. The van der Waals surface area contributed by atoms with Gasteiger partial charge in [-0.15, -0.1) is 0 Å². The summed E-state index contributed by atoms with van der Waals surface area (Å²) in [7, 11) is 0. The van der Waals surface area contributed by atoms with E-state index in [4.69, 9.17) is 39.6 Å². The lowest BCUT2D eigenvalue weighted by atomic mass is 9.72. The van der Waals surface area contributed by atoms with Crippen LogP contribution in [0.4, 0.5) is 0 Å². The van der Waals surface area contributed by atoms with Crippen LogP contribution < -0.4 is 0 Å². The molecule has 0 N–H and O–H groups in total. The summed E-state index contributed by atoms with van der Waals surface area (Å²) in [6.45, 7) is 1.16. The zero-order valence-electron chi connectivity index (χ0n) is 23.5. The van der Waals surface area contributed by atoms with Gasteiger partial charge >= 0.3 is 6.72 Å². The number of hydrogen-bond acceptors (Lipinski definition) is 7. The first-order valence-electron chi connectivity index (χ1n) is 14.2. The highest BCUT2D eigenvalue weighted by molar-refractivity contribution is 8.07. The van der Waals surface area contributed by atoms with Crippen LogP contribution in [0.15, 0.2) is 121 Å². The average Bonchev–Trinajstić information content (AvgIpc) is 3.81. The van der Waals surface area contributed by atoms with Crippen LogP contribution in [0.25, 0.3) is 0 Å². The highest BCUT2D eigenvalue weighted by Gasteiger charge is 2.68. The highest BCUT2D eigenvalue weighted by Crippen LogP contribution is 2.69. The SMILES string of the molecule is CC1(C)O[C@@H]2[C@@H](O1)C(c1ccccc1)(c1ccccc1)OP(=S)(OCC1CO1)OC2(c1ccccc1)c1ccccc1. The largest absolute Gasteiger partial charge is 0.371 e. The molecule has 216 valence electrons. The molecular weight excluding hydrogens is 567 g/mol. The molecule has 8 heteroatoms. The second kappa shape index (κ2) is 10.8. The zero-order valence-corrected chi connectivity index (χ0v) is 25.2. The van der Waals surface area contributed by atoms with Crippen LogP contribution >= 0.6 is 6.72 Å². The smallest absolute Gasteiger partial charge is 0.329 e. The van der Waals surface area contributed by atoms with Crippen molar-refractivity contribution in [2.45, 2.75) is 49.1 Å². The summed E-state index contributed by atoms with van der Waals surface area (Å²) < 4.78 is 40.5. The van der Waals surface area contributed by atoms with Crippen LogP contribution in [-0.4, -0.2) is 37.3 Å². The summed E-state index contributed by atoms with van der Waals surface area (Å²) in [6.07, 6.45) is -1.43. The fourth-order valence-corrected chi connectivity index (χ4v) is 8.88. The van der Waals surface area contributed by atoms with Crippen LogP contribution in [0.2, 0.25) is 0 Å². The number of rotatable bonds is 7. The molecule has 0 amide bonds. The number of epoxide rings is 1. The van der Waals surface area contributed by atoms with Crippen molar-refractivity contribution in [2.75, 3.05) is 13.2 Å². The molecule has 42 heavy (non-hydrogen) atoms. The molecule has 3 aliphatic heterocycles. The molecule has 0 radical (unpaired) electrons. The van der Waals surface area contributed by atoms with E-state index >= 15 is 0 Å². The molecule has 0 saturated carbocycles. The normalized spacial score (nSPS) is 26.6. The van der Waals surface area contributed by atoms with E-state index in [9.17, 15) is 0 Å². The summed E-state index contributed by atoms with van der Waals surface area (Å²) in [5, 5.41) is 0.